The van der Waals surface area contributed by atoms with Crippen molar-refractivity contribution in [3.05, 3.63) is 23.8 Å². The number of carbonyl (C=O) groups excluding carboxylic acids is 1. The molecule has 1 amide bonds. The number of hydrogen-bond donors (Lipinski definition) is 1. The fourth-order valence-electron chi connectivity index (χ4n) is 2.59. The molecule has 0 aromatic heterocycles. The zero-order valence-electron chi connectivity index (χ0n) is 12.4. The molecule has 4 heteroatoms. The van der Waals surface area contributed by atoms with Gasteiger partial charge in [-0.2, -0.15) is 0 Å². The van der Waals surface area contributed by atoms with Gasteiger partial charge in [-0.3, -0.25) is 4.79 Å². The Bertz CT molecular complexity index is 466. The van der Waals surface area contributed by atoms with E-state index >= 15 is 0 Å². The molecule has 2 rings (SSSR count). The number of carbonyl (C=O) groups is 1. The summed E-state index contributed by atoms with van der Waals surface area (Å²) in [4.78, 5) is 14.3. The fourth-order valence-corrected chi connectivity index (χ4v) is 2.59. The van der Waals surface area contributed by atoms with Crippen molar-refractivity contribution in [3.63, 3.8) is 0 Å². The van der Waals surface area contributed by atoms with E-state index in [0.29, 0.717) is 5.69 Å². The first-order chi connectivity index (χ1) is 9.58. The maximum absolute atomic E-state index is 12.4. The molecule has 0 bridgehead atoms. The minimum atomic E-state index is -0.449. The van der Waals surface area contributed by atoms with E-state index in [1.54, 1.807) is 6.07 Å². The zero-order chi connectivity index (χ0) is 14.5. The second-order valence-electron chi connectivity index (χ2n) is 5.52. The highest BCUT2D eigenvalue weighted by Crippen LogP contribution is 2.22. The average Bonchev–Trinajstić information content (AvgIpc) is 2.70. The molecule has 4 nitrogen and oxygen atoms in total. The third-order valence-corrected chi connectivity index (χ3v) is 3.77. The number of rotatable bonds is 3. The number of anilines is 1. The van der Waals surface area contributed by atoms with E-state index in [2.05, 4.69) is 0 Å². The molecule has 110 valence electrons. The quantitative estimate of drug-likeness (QED) is 0.864. The van der Waals surface area contributed by atoms with Crippen molar-refractivity contribution in [2.45, 2.75) is 45.6 Å². The first-order valence-corrected chi connectivity index (χ1v) is 7.39. The van der Waals surface area contributed by atoms with Crippen molar-refractivity contribution in [2.24, 2.45) is 0 Å². The van der Waals surface area contributed by atoms with Gasteiger partial charge in [0.2, 0.25) is 0 Å². The van der Waals surface area contributed by atoms with Gasteiger partial charge in [-0.25, -0.2) is 0 Å². The molecule has 0 aliphatic carbocycles. The Hall–Kier alpha value is -1.71. The smallest absolute Gasteiger partial charge is 0.263 e. The van der Waals surface area contributed by atoms with E-state index in [1.165, 1.54) is 12.8 Å². The van der Waals surface area contributed by atoms with Gasteiger partial charge >= 0.3 is 0 Å². The Morgan fingerprint density at radius 2 is 1.90 bits per heavy atom. The lowest BCUT2D eigenvalue weighted by atomic mass is 10.2. The van der Waals surface area contributed by atoms with Crippen molar-refractivity contribution in [1.82, 2.24) is 4.90 Å². The van der Waals surface area contributed by atoms with Crippen molar-refractivity contribution in [3.8, 4) is 5.75 Å². The van der Waals surface area contributed by atoms with E-state index in [4.69, 9.17) is 10.5 Å². The maximum atomic E-state index is 12.4. The van der Waals surface area contributed by atoms with Crippen LogP contribution in [0.2, 0.25) is 0 Å². The van der Waals surface area contributed by atoms with Crippen molar-refractivity contribution in [2.75, 3.05) is 18.8 Å². The lowest BCUT2D eigenvalue weighted by Gasteiger charge is -2.25. The summed E-state index contributed by atoms with van der Waals surface area (Å²) < 4.78 is 5.81. The summed E-state index contributed by atoms with van der Waals surface area (Å²) in [6, 6.07) is 5.49. The molecule has 1 aliphatic rings. The predicted octanol–water partition coefficient (Wildman–Crippen LogP) is 2.75. The van der Waals surface area contributed by atoms with Crippen molar-refractivity contribution < 1.29 is 9.53 Å². The highest BCUT2D eigenvalue weighted by molar-refractivity contribution is 5.81. The Kier molecular flexibility index (Phi) is 4.88. The number of hydrogen-bond acceptors (Lipinski definition) is 3. The largest absolute Gasteiger partial charge is 0.481 e. The SMILES string of the molecule is Cc1cc(N)ccc1OC(C)C(=O)N1CCCCCC1. The molecule has 1 fully saturated rings. The summed E-state index contributed by atoms with van der Waals surface area (Å²) >= 11 is 0. The number of nitrogen functional groups attached to an aromatic ring is 1. The number of nitrogens with two attached hydrogens (primary N) is 1. The first kappa shape index (κ1) is 14.7. The number of ether oxygens (including phenoxy) is 1. The minimum absolute atomic E-state index is 0.0862. The van der Waals surface area contributed by atoms with Gasteiger partial charge in [0.1, 0.15) is 5.75 Å². The molecule has 2 N–H and O–H groups in total. The number of amides is 1. The van der Waals surface area contributed by atoms with Crippen molar-refractivity contribution in [1.29, 1.82) is 0 Å². The Morgan fingerprint density at radius 3 is 2.50 bits per heavy atom. The molecular weight excluding hydrogens is 252 g/mol. The molecule has 0 saturated carbocycles. The number of benzene rings is 1. The van der Waals surface area contributed by atoms with Gasteiger partial charge in [-0.05, 0) is 50.5 Å². The topological polar surface area (TPSA) is 55.6 Å². The van der Waals surface area contributed by atoms with Gasteiger partial charge < -0.3 is 15.4 Å². The summed E-state index contributed by atoms with van der Waals surface area (Å²) in [6.07, 6.45) is 4.18. The van der Waals surface area contributed by atoms with E-state index in [-0.39, 0.29) is 5.91 Å². The van der Waals surface area contributed by atoms with Crippen LogP contribution < -0.4 is 10.5 Å². The molecule has 0 spiro atoms. The van der Waals surface area contributed by atoms with Gasteiger partial charge in [-0.1, -0.05) is 12.8 Å². The highest BCUT2D eigenvalue weighted by Gasteiger charge is 2.23. The van der Waals surface area contributed by atoms with Crippen LogP contribution in [0.4, 0.5) is 5.69 Å². The van der Waals surface area contributed by atoms with Gasteiger partial charge in [0.15, 0.2) is 6.10 Å². The summed E-state index contributed by atoms with van der Waals surface area (Å²) in [5.41, 5.74) is 7.39. The fraction of sp³-hybridized carbons (Fsp3) is 0.562. The normalized spacial score (nSPS) is 17.4. The third kappa shape index (κ3) is 3.65. The molecule has 0 radical (unpaired) electrons. The monoisotopic (exact) mass is 276 g/mol. The summed E-state index contributed by atoms with van der Waals surface area (Å²) in [5, 5.41) is 0. The third-order valence-electron chi connectivity index (χ3n) is 3.77. The van der Waals surface area contributed by atoms with Crippen molar-refractivity contribution >= 4 is 11.6 Å². The summed E-state index contributed by atoms with van der Waals surface area (Å²) in [5.74, 6) is 0.818. The highest BCUT2D eigenvalue weighted by atomic mass is 16.5. The molecule has 1 unspecified atom stereocenters. The first-order valence-electron chi connectivity index (χ1n) is 7.39. The molecule has 1 atom stereocenters. The molecular formula is C16H24N2O2. The van der Waals surface area contributed by atoms with Crippen LogP contribution in [0.15, 0.2) is 18.2 Å². The van der Waals surface area contributed by atoms with Crippen LogP contribution in [0, 0.1) is 6.92 Å². The van der Waals surface area contributed by atoms with Crippen LogP contribution in [0.1, 0.15) is 38.2 Å². The molecule has 20 heavy (non-hydrogen) atoms. The molecule has 1 aromatic rings. The van der Waals surface area contributed by atoms with E-state index in [9.17, 15) is 4.79 Å². The number of nitrogens with zero attached hydrogens (tertiary/aromatic N) is 1. The Balaban J connectivity index is 1.99. The van der Waals surface area contributed by atoms with E-state index < -0.39 is 6.10 Å². The van der Waals surface area contributed by atoms with Crippen LogP contribution >= 0.6 is 0 Å². The average molecular weight is 276 g/mol. The summed E-state index contributed by atoms with van der Waals surface area (Å²) in [6.45, 7) is 5.47. The van der Waals surface area contributed by atoms with Crippen LogP contribution in [0.25, 0.3) is 0 Å². The van der Waals surface area contributed by atoms with Gasteiger partial charge in [-0.15, -0.1) is 0 Å². The molecule has 1 aromatic carbocycles. The number of likely N-dealkylation sites (tertiary alicyclic amines) is 1. The maximum Gasteiger partial charge on any atom is 0.263 e. The lowest BCUT2D eigenvalue weighted by Crippen LogP contribution is -2.41. The summed E-state index contributed by atoms with van der Waals surface area (Å²) in [7, 11) is 0. The molecule has 1 aliphatic heterocycles. The Morgan fingerprint density at radius 1 is 1.25 bits per heavy atom. The zero-order valence-corrected chi connectivity index (χ0v) is 12.4. The minimum Gasteiger partial charge on any atom is -0.481 e. The van der Waals surface area contributed by atoms with Gasteiger partial charge in [0.05, 0.1) is 0 Å². The standard InChI is InChI=1S/C16H24N2O2/c1-12-11-14(17)7-8-15(12)20-13(2)16(19)18-9-5-3-4-6-10-18/h7-8,11,13H,3-6,9-10,17H2,1-2H3. The lowest BCUT2D eigenvalue weighted by molar-refractivity contribution is -0.137. The second-order valence-corrected chi connectivity index (χ2v) is 5.52. The van der Waals surface area contributed by atoms with Gasteiger partial charge in [0.25, 0.3) is 5.91 Å². The van der Waals surface area contributed by atoms with E-state index in [0.717, 1.165) is 37.2 Å². The van der Waals surface area contributed by atoms with Gasteiger partial charge in [0, 0.05) is 18.8 Å². The van der Waals surface area contributed by atoms with Crippen LogP contribution in [-0.2, 0) is 4.79 Å². The second kappa shape index (κ2) is 6.64. The number of aryl methyl sites for hydroxylation is 1. The van der Waals surface area contributed by atoms with Crippen LogP contribution in [0.3, 0.4) is 0 Å². The molecule has 1 saturated heterocycles. The van der Waals surface area contributed by atoms with E-state index in [1.807, 2.05) is 30.9 Å². The van der Waals surface area contributed by atoms with Crippen LogP contribution in [0.5, 0.6) is 5.75 Å². The predicted molar refractivity (Wildman–Crippen MR) is 80.7 cm³/mol. The van der Waals surface area contributed by atoms with Crippen LogP contribution in [-0.4, -0.2) is 30.0 Å². The Labute approximate surface area is 120 Å². The molecule has 1 heterocycles.